The summed E-state index contributed by atoms with van der Waals surface area (Å²) in [5, 5.41) is 3.21. The first-order valence-corrected chi connectivity index (χ1v) is 12.1. The molecule has 1 saturated heterocycles. The number of carbonyl (C=O) groups is 2. The van der Waals surface area contributed by atoms with Crippen molar-refractivity contribution < 1.29 is 23.8 Å². The van der Waals surface area contributed by atoms with Crippen LogP contribution in [0.4, 0.5) is 0 Å². The van der Waals surface area contributed by atoms with Crippen LogP contribution in [0, 0.1) is 0 Å². The molecule has 0 radical (unpaired) electrons. The van der Waals surface area contributed by atoms with Crippen LogP contribution >= 0.6 is 0 Å². The summed E-state index contributed by atoms with van der Waals surface area (Å²) in [5.74, 6) is 0.771. The minimum absolute atomic E-state index is 0.110. The van der Waals surface area contributed by atoms with Crippen molar-refractivity contribution >= 4 is 11.8 Å². The fourth-order valence-electron chi connectivity index (χ4n) is 5.42. The first-order chi connectivity index (χ1) is 16.9. The van der Waals surface area contributed by atoms with Crippen molar-refractivity contribution in [1.29, 1.82) is 0 Å². The molecule has 4 rings (SSSR count). The molecule has 2 aromatic rings. The SMILES string of the molecule is CCN1CCC[C@@H]1CNC(=O)[C@@H]1c2cc(OC)c(OC)cc2C(=O)N(C)[C@@H]1c1ccc(OC)cc1. The number of amides is 2. The third-order valence-corrected chi connectivity index (χ3v) is 7.33. The van der Waals surface area contributed by atoms with Crippen LogP contribution in [0.25, 0.3) is 0 Å². The lowest BCUT2D eigenvalue weighted by molar-refractivity contribution is -0.124. The zero-order valence-electron chi connectivity index (χ0n) is 21.2. The van der Waals surface area contributed by atoms with E-state index in [4.69, 9.17) is 14.2 Å². The fraction of sp³-hybridized carbons (Fsp3) is 0.481. The van der Waals surface area contributed by atoms with E-state index in [-0.39, 0.29) is 11.8 Å². The number of carbonyl (C=O) groups excluding carboxylic acids is 2. The van der Waals surface area contributed by atoms with Crippen LogP contribution in [0.1, 0.15) is 53.2 Å². The molecule has 2 aromatic carbocycles. The number of hydrogen-bond donors (Lipinski definition) is 1. The molecule has 0 spiro atoms. The number of likely N-dealkylation sites (N-methyl/N-ethyl adjacent to an activating group) is 2. The zero-order chi connectivity index (χ0) is 25.1. The Balaban J connectivity index is 1.76. The first kappa shape index (κ1) is 24.9. The van der Waals surface area contributed by atoms with Gasteiger partial charge in [-0.15, -0.1) is 0 Å². The third kappa shape index (κ3) is 4.67. The summed E-state index contributed by atoms with van der Waals surface area (Å²) in [5.41, 5.74) is 1.95. The van der Waals surface area contributed by atoms with Gasteiger partial charge < -0.3 is 24.4 Å². The molecule has 8 nitrogen and oxygen atoms in total. The standard InChI is InChI=1S/C27H35N3O5/c1-6-30-13-7-8-18(30)16-28-26(31)24-20-14-22(34-4)23(35-5)15-21(20)27(32)29(2)25(24)17-9-11-19(33-3)12-10-17/h9-12,14-15,18,24-25H,6-8,13,16H2,1-5H3,(H,28,31)/t18-,24-,25-/m1/s1. The molecule has 8 heteroatoms. The molecule has 0 saturated carbocycles. The van der Waals surface area contributed by atoms with E-state index in [0.717, 1.165) is 31.5 Å². The average molecular weight is 482 g/mol. The van der Waals surface area contributed by atoms with E-state index in [2.05, 4.69) is 17.1 Å². The fourth-order valence-corrected chi connectivity index (χ4v) is 5.42. The molecule has 0 aromatic heterocycles. The van der Waals surface area contributed by atoms with Gasteiger partial charge in [-0.1, -0.05) is 19.1 Å². The largest absolute Gasteiger partial charge is 0.497 e. The molecule has 0 bridgehead atoms. The van der Waals surface area contributed by atoms with Gasteiger partial charge in [-0.2, -0.15) is 0 Å². The minimum atomic E-state index is -0.614. The third-order valence-electron chi connectivity index (χ3n) is 7.33. The number of nitrogens with zero attached hydrogens (tertiary/aromatic N) is 2. The highest BCUT2D eigenvalue weighted by Crippen LogP contribution is 2.45. The van der Waals surface area contributed by atoms with Gasteiger partial charge in [-0.3, -0.25) is 14.5 Å². The lowest BCUT2D eigenvalue weighted by atomic mass is 9.79. The molecule has 0 aliphatic carbocycles. The lowest BCUT2D eigenvalue weighted by Crippen LogP contribution is -2.48. The van der Waals surface area contributed by atoms with Gasteiger partial charge in [-0.05, 0) is 61.3 Å². The second-order valence-corrected chi connectivity index (χ2v) is 9.08. The summed E-state index contributed by atoms with van der Waals surface area (Å²) >= 11 is 0. The summed E-state index contributed by atoms with van der Waals surface area (Å²) in [6.45, 7) is 4.76. The predicted octanol–water partition coefficient (Wildman–Crippen LogP) is 3.22. The second kappa shape index (κ2) is 10.6. The van der Waals surface area contributed by atoms with Gasteiger partial charge >= 0.3 is 0 Å². The molecule has 2 aliphatic heterocycles. The molecular weight excluding hydrogens is 446 g/mol. The summed E-state index contributed by atoms with van der Waals surface area (Å²) in [6, 6.07) is 10.8. The maximum absolute atomic E-state index is 13.9. The van der Waals surface area contributed by atoms with Crippen molar-refractivity contribution in [3.8, 4) is 17.2 Å². The van der Waals surface area contributed by atoms with Crippen LogP contribution in [0.5, 0.6) is 17.2 Å². The number of likely N-dealkylation sites (tertiary alicyclic amines) is 1. The molecule has 188 valence electrons. The Hall–Kier alpha value is -3.26. The first-order valence-electron chi connectivity index (χ1n) is 12.1. The van der Waals surface area contributed by atoms with Crippen LogP contribution in [-0.2, 0) is 4.79 Å². The summed E-state index contributed by atoms with van der Waals surface area (Å²) in [6.07, 6.45) is 2.21. The molecule has 0 unspecified atom stereocenters. The Bertz CT molecular complexity index is 1070. The van der Waals surface area contributed by atoms with Crippen LogP contribution < -0.4 is 19.5 Å². The smallest absolute Gasteiger partial charge is 0.254 e. The van der Waals surface area contributed by atoms with Crippen molar-refractivity contribution in [3.63, 3.8) is 0 Å². The van der Waals surface area contributed by atoms with Gasteiger partial charge in [0.2, 0.25) is 5.91 Å². The topological polar surface area (TPSA) is 80.3 Å². The number of fused-ring (bicyclic) bond motifs is 1. The Labute approximate surface area is 207 Å². The average Bonchev–Trinajstić information content (AvgIpc) is 3.36. The number of methoxy groups -OCH3 is 3. The number of benzene rings is 2. The highest BCUT2D eigenvalue weighted by Gasteiger charge is 2.43. The summed E-state index contributed by atoms with van der Waals surface area (Å²) in [7, 11) is 6.44. The Morgan fingerprint density at radius 3 is 2.37 bits per heavy atom. The maximum Gasteiger partial charge on any atom is 0.254 e. The van der Waals surface area contributed by atoms with Gasteiger partial charge in [0.15, 0.2) is 11.5 Å². The second-order valence-electron chi connectivity index (χ2n) is 9.08. The van der Waals surface area contributed by atoms with Crippen molar-refractivity contribution in [1.82, 2.24) is 15.1 Å². The molecule has 35 heavy (non-hydrogen) atoms. The number of rotatable bonds is 8. The van der Waals surface area contributed by atoms with E-state index in [0.29, 0.717) is 41.0 Å². The summed E-state index contributed by atoms with van der Waals surface area (Å²) in [4.78, 5) is 31.4. The van der Waals surface area contributed by atoms with E-state index < -0.39 is 12.0 Å². The van der Waals surface area contributed by atoms with Crippen molar-refractivity contribution in [2.45, 2.75) is 37.8 Å². The molecular formula is C27H35N3O5. The predicted molar refractivity (Wildman–Crippen MR) is 133 cm³/mol. The quantitative estimate of drug-likeness (QED) is 0.624. The van der Waals surface area contributed by atoms with Gasteiger partial charge in [0.05, 0.1) is 33.3 Å². The number of ether oxygens (including phenoxy) is 3. The van der Waals surface area contributed by atoms with E-state index in [9.17, 15) is 9.59 Å². The highest BCUT2D eigenvalue weighted by atomic mass is 16.5. The van der Waals surface area contributed by atoms with Crippen molar-refractivity contribution in [2.24, 2.45) is 0 Å². The zero-order valence-corrected chi connectivity index (χ0v) is 21.2. The molecule has 1 N–H and O–H groups in total. The Morgan fingerprint density at radius 2 is 1.74 bits per heavy atom. The number of nitrogens with one attached hydrogen (secondary N) is 1. The summed E-state index contributed by atoms with van der Waals surface area (Å²) < 4.78 is 16.3. The van der Waals surface area contributed by atoms with Crippen molar-refractivity contribution in [3.05, 3.63) is 53.1 Å². The number of hydrogen-bond acceptors (Lipinski definition) is 6. The monoisotopic (exact) mass is 481 g/mol. The molecule has 2 heterocycles. The van der Waals surface area contributed by atoms with Gasteiger partial charge in [0.1, 0.15) is 5.75 Å². The molecule has 3 atom stereocenters. The van der Waals surface area contributed by atoms with Crippen LogP contribution in [0.2, 0.25) is 0 Å². The highest BCUT2D eigenvalue weighted by molar-refractivity contribution is 6.02. The maximum atomic E-state index is 13.9. The molecule has 2 amide bonds. The van der Waals surface area contributed by atoms with E-state index in [1.807, 2.05) is 24.3 Å². The minimum Gasteiger partial charge on any atom is -0.497 e. The van der Waals surface area contributed by atoms with Gasteiger partial charge in [0, 0.05) is 25.2 Å². The van der Waals surface area contributed by atoms with E-state index >= 15 is 0 Å². The van der Waals surface area contributed by atoms with Crippen LogP contribution in [0.3, 0.4) is 0 Å². The van der Waals surface area contributed by atoms with Crippen LogP contribution in [-0.4, -0.2) is 75.7 Å². The lowest BCUT2D eigenvalue weighted by Gasteiger charge is -2.40. The molecule has 1 fully saturated rings. The van der Waals surface area contributed by atoms with Gasteiger partial charge in [-0.25, -0.2) is 0 Å². The van der Waals surface area contributed by atoms with Crippen LogP contribution in [0.15, 0.2) is 36.4 Å². The van der Waals surface area contributed by atoms with Gasteiger partial charge in [0.25, 0.3) is 5.91 Å². The normalized spacial score (nSPS) is 22.0. The van der Waals surface area contributed by atoms with E-state index in [1.165, 1.54) is 7.11 Å². The Kier molecular flexibility index (Phi) is 7.50. The Morgan fingerprint density at radius 1 is 1.06 bits per heavy atom. The van der Waals surface area contributed by atoms with Crippen molar-refractivity contribution in [2.75, 3.05) is 48.0 Å². The molecule has 2 aliphatic rings. The van der Waals surface area contributed by atoms with E-state index in [1.54, 1.807) is 38.3 Å².